The van der Waals surface area contributed by atoms with Gasteiger partial charge < -0.3 is 14.7 Å². The van der Waals surface area contributed by atoms with Gasteiger partial charge in [0, 0.05) is 45.2 Å². The van der Waals surface area contributed by atoms with Gasteiger partial charge in [-0.3, -0.25) is 0 Å². The first-order valence-corrected chi connectivity index (χ1v) is 23.1. The molecule has 64 heavy (non-hydrogen) atoms. The summed E-state index contributed by atoms with van der Waals surface area (Å²) < 4.78 is 0. The zero-order valence-electron chi connectivity index (χ0n) is 39.5. The molecule has 0 aliphatic carbocycles. The van der Waals surface area contributed by atoms with E-state index >= 15 is 0 Å². The maximum absolute atomic E-state index is 2.59. The SMILES string of the molecule is Cc1ccccc1N(c1cc2c3c(c1)N(c1cccc4ccccc14)c1ccc(C(C)(C)C)cc1B3c1cc(C(C)(C)C)ccc1N2c1ccc(C(C)(C)C)cc1)c1ccccc1C. The fraction of sp³-hybridized carbons (Fsp3) is 0.233. The van der Waals surface area contributed by atoms with Gasteiger partial charge in [0.1, 0.15) is 0 Å². The molecule has 3 nitrogen and oxygen atoms in total. The van der Waals surface area contributed by atoms with E-state index in [9.17, 15) is 0 Å². The normalized spacial score (nSPS) is 13.5. The molecule has 318 valence electrons. The monoisotopic (exact) mass is 833 g/mol. The van der Waals surface area contributed by atoms with Gasteiger partial charge in [-0.1, -0.05) is 172 Å². The van der Waals surface area contributed by atoms with E-state index in [1.807, 2.05) is 0 Å². The van der Waals surface area contributed by atoms with Crippen LogP contribution in [0.15, 0.2) is 164 Å². The molecule has 0 amide bonds. The number of hydrogen-bond acceptors (Lipinski definition) is 3. The highest BCUT2D eigenvalue weighted by molar-refractivity contribution is 7.00. The minimum absolute atomic E-state index is 0.0182. The molecular weight excluding hydrogens is 773 g/mol. The third-order valence-corrected chi connectivity index (χ3v) is 13.8. The highest BCUT2D eigenvalue weighted by Gasteiger charge is 2.45. The van der Waals surface area contributed by atoms with Gasteiger partial charge in [-0.05, 0) is 134 Å². The van der Waals surface area contributed by atoms with Gasteiger partial charge in [-0.2, -0.15) is 0 Å². The summed E-state index contributed by atoms with van der Waals surface area (Å²) in [5.41, 5.74) is 21.0. The van der Waals surface area contributed by atoms with Gasteiger partial charge in [0.15, 0.2) is 0 Å². The molecule has 0 N–H and O–H groups in total. The zero-order chi connectivity index (χ0) is 44.9. The van der Waals surface area contributed by atoms with Crippen LogP contribution < -0.4 is 31.1 Å². The van der Waals surface area contributed by atoms with Crippen molar-refractivity contribution < 1.29 is 0 Å². The lowest BCUT2D eigenvalue weighted by Crippen LogP contribution is -2.61. The van der Waals surface area contributed by atoms with Crippen LogP contribution in [0.25, 0.3) is 10.8 Å². The largest absolute Gasteiger partial charge is 0.311 e. The average Bonchev–Trinajstić information content (AvgIpc) is 3.26. The molecule has 2 aliphatic heterocycles. The topological polar surface area (TPSA) is 9.72 Å². The first-order valence-electron chi connectivity index (χ1n) is 23.1. The predicted molar refractivity (Wildman–Crippen MR) is 278 cm³/mol. The van der Waals surface area contributed by atoms with Gasteiger partial charge in [0.25, 0.3) is 6.71 Å². The molecule has 0 saturated carbocycles. The Balaban J connectivity index is 1.38. The van der Waals surface area contributed by atoms with E-state index in [0.29, 0.717) is 0 Å². The molecule has 0 fully saturated rings. The van der Waals surface area contributed by atoms with Crippen molar-refractivity contribution in [2.45, 2.75) is 92.4 Å². The lowest BCUT2D eigenvalue weighted by atomic mass is 9.33. The van der Waals surface area contributed by atoms with Crippen molar-refractivity contribution in [3.05, 3.63) is 192 Å². The number of hydrogen-bond donors (Lipinski definition) is 0. The van der Waals surface area contributed by atoms with Crippen LogP contribution in [0.3, 0.4) is 0 Å². The molecule has 0 unspecified atom stereocenters. The van der Waals surface area contributed by atoms with Crippen LogP contribution in [0.4, 0.5) is 51.2 Å². The summed E-state index contributed by atoms with van der Waals surface area (Å²) in [5.74, 6) is 0. The standard InChI is InChI=1S/C60H60BN3/c1-39-19-12-16-24-50(39)63(51-25-17-13-20-40(51)2)46-37-55-57-56(38-46)64(52-26-18-22-41-21-14-15-23-47(41)52)54-34-30-44(60(9,10)11)36-49(54)61(57)48-35-43(59(6,7)8)29-33-53(48)62(55)45-31-27-42(28-32-45)58(3,4)5/h12-38H,1-11H3. The molecule has 10 rings (SSSR count). The van der Waals surface area contributed by atoms with Crippen LogP contribution in [-0.2, 0) is 16.2 Å². The number of benzene rings is 8. The van der Waals surface area contributed by atoms with Gasteiger partial charge in [-0.15, -0.1) is 0 Å². The highest BCUT2D eigenvalue weighted by atomic mass is 15.2. The van der Waals surface area contributed by atoms with Gasteiger partial charge in [0.2, 0.25) is 0 Å². The van der Waals surface area contributed by atoms with Crippen molar-refractivity contribution in [2.24, 2.45) is 0 Å². The van der Waals surface area contributed by atoms with E-state index in [1.165, 1.54) is 83.4 Å². The lowest BCUT2D eigenvalue weighted by Gasteiger charge is -2.46. The molecule has 2 aliphatic rings. The summed E-state index contributed by atoms with van der Waals surface area (Å²) in [6.45, 7) is 25.4. The van der Waals surface area contributed by atoms with Crippen LogP contribution in [-0.4, -0.2) is 6.71 Å². The van der Waals surface area contributed by atoms with Crippen molar-refractivity contribution in [3.63, 3.8) is 0 Å². The number of anilines is 9. The van der Waals surface area contributed by atoms with Crippen LogP contribution >= 0.6 is 0 Å². The molecule has 8 aromatic carbocycles. The predicted octanol–water partition coefficient (Wildman–Crippen LogP) is 14.9. The van der Waals surface area contributed by atoms with E-state index in [2.05, 4.69) is 255 Å². The molecule has 0 spiro atoms. The Hall–Kier alpha value is -6.52. The van der Waals surface area contributed by atoms with Gasteiger partial charge in [-0.25, -0.2) is 0 Å². The second kappa shape index (κ2) is 15.1. The number of fused-ring (bicyclic) bond motifs is 5. The second-order valence-corrected chi connectivity index (χ2v) is 21.3. The molecule has 0 saturated heterocycles. The summed E-state index contributed by atoms with van der Waals surface area (Å²) in [4.78, 5) is 7.66. The highest BCUT2D eigenvalue weighted by Crippen LogP contribution is 2.50. The Morgan fingerprint density at radius 2 is 0.875 bits per heavy atom. The fourth-order valence-corrected chi connectivity index (χ4v) is 10.1. The minimum atomic E-state index is -0.0422. The van der Waals surface area contributed by atoms with Crippen molar-refractivity contribution in [2.75, 3.05) is 14.7 Å². The van der Waals surface area contributed by atoms with E-state index in [0.717, 1.165) is 22.7 Å². The Morgan fingerprint density at radius 3 is 1.42 bits per heavy atom. The Morgan fingerprint density at radius 1 is 0.406 bits per heavy atom. The van der Waals surface area contributed by atoms with Crippen LogP contribution in [0.5, 0.6) is 0 Å². The fourth-order valence-electron chi connectivity index (χ4n) is 10.1. The molecular formula is C60H60BN3. The Bertz CT molecular complexity index is 3050. The molecule has 0 bridgehead atoms. The number of rotatable bonds is 5. The van der Waals surface area contributed by atoms with Gasteiger partial charge in [0.05, 0.1) is 11.4 Å². The maximum atomic E-state index is 2.59. The van der Waals surface area contributed by atoms with Crippen LogP contribution in [0, 0.1) is 13.8 Å². The lowest BCUT2D eigenvalue weighted by molar-refractivity contribution is 0.590. The van der Waals surface area contributed by atoms with E-state index in [4.69, 9.17) is 0 Å². The summed E-state index contributed by atoms with van der Waals surface area (Å²) in [5, 5.41) is 2.45. The summed E-state index contributed by atoms with van der Waals surface area (Å²) in [6, 6.07) is 62.3. The van der Waals surface area contributed by atoms with E-state index in [1.54, 1.807) is 0 Å². The van der Waals surface area contributed by atoms with Crippen molar-refractivity contribution in [3.8, 4) is 0 Å². The first kappa shape index (κ1) is 41.5. The summed E-state index contributed by atoms with van der Waals surface area (Å²) in [6.07, 6.45) is 0. The molecule has 0 aromatic heterocycles. The van der Waals surface area contributed by atoms with Crippen LogP contribution in [0.2, 0.25) is 0 Å². The quantitative estimate of drug-likeness (QED) is 0.160. The first-order chi connectivity index (χ1) is 30.5. The zero-order valence-corrected chi connectivity index (χ0v) is 39.5. The molecule has 8 aromatic rings. The molecule has 0 radical (unpaired) electrons. The minimum Gasteiger partial charge on any atom is -0.311 e. The molecule has 2 heterocycles. The second-order valence-electron chi connectivity index (χ2n) is 21.3. The van der Waals surface area contributed by atoms with Crippen molar-refractivity contribution in [1.82, 2.24) is 0 Å². The van der Waals surface area contributed by atoms with Crippen molar-refractivity contribution >= 4 is 85.1 Å². The maximum Gasteiger partial charge on any atom is 0.252 e. The van der Waals surface area contributed by atoms with E-state index < -0.39 is 0 Å². The average molecular weight is 834 g/mol. The Labute approximate surface area is 382 Å². The number of para-hydroxylation sites is 2. The smallest absolute Gasteiger partial charge is 0.252 e. The van der Waals surface area contributed by atoms with Crippen LogP contribution in [0.1, 0.15) is 90.1 Å². The Kier molecular flexibility index (Phi) is 9.76. The third-order valence-electron chi connectivity index (χ3n) is 13.8. The van der Waals surface area contributed by atoms with E-state index in [-0.39, 0.29) is 23.0 Å². The number of aryl methyl sites for hydroxylation is 2. The molecule has 4 heteroatoms. The summed E-state index contributed by atoms with van der Waals surface area (Å²) >= 11 is 0. The summed E-state index contributed by atoms with van der Waals surface area (Å²) in [7, 11) is 0. The molecule has 0 atom stereocenters. The number of nitrogens with zero attached hydrogens (tertiary/aromatic N) is 3. The third kappa shape index (κ3) is 6.90. The van der Waals surface area contributed by atoms with Gasteiger partial charge >= 0.3 is 0 Å². The van der Waals surface area contributed by atoms with Crippen molar-refractivity contribution in [1.29, 1.82) is 0 Å².